The highest BCUT2D eigenvalue weighted by atomic mass is 35.5. The number of hydrogen-bond donors (Lipinski definition) is 1. The van der Waals surface area contributed by atoms with E-state index >= 15 is 0 Å². The number of aromatic amines is 1. The maximum Gasteiger partial charge on any atom is 0.238 e. The number of aliphatic carboxylic acids is 1. The van der Waals surface area contributed by atoms with Crippen LogP contribution in [-0.2, 0) is 11.2 Å². The molecule has 5 nitrogen and oxygen atoms in total. The zero-order valence-electron chi connectivity index (χ0n) is 11.5. The number of halogens is 1. The molecule has 22 heavy (non-hydrogen) atoms. The second kappa shape index (κ2) is 5.55. The Hall–Kier alpha value is -2.18. The van der Waals surface area contributed by atoms with E-state index in [0.717, 1.165) is 4.88 Å². The van der Waals surface area contributed by atoms with Crippen LogP contribution in [0.2, 0.25) is 5.02 Å². The van der Waals surface area contributed by atoms with Crippen LogP contribution >= 0.6 is 22.9 Å². The number of rotatable bonds is 4. The Kier molecular flexibility index (Phi) is 3.72. The van der Waals surface area contributed by atoms with Crippen molar-refractivity contribution in [1.82, 2.24) is 9.97 Å². The van der Waals surface area contributed by atoms with E-state index in [2.05, 4.69) is 9.97 Å². The van der Waals surface area contributed by atoms with E-state index in [1.54, 1.807) is 24.4 Å². The molecule has 1 N–H and O–H groups in total. The number of carbonyl (C=O) groups is 2. The highest BCUT2D eigenvalue weighted by molar-refractivity contribution is 7.13. The molecule has 0 atom stereocenters. The first kappa shape index (κ1) is 14.7. The number of aryl methyl sites for hydroxylation is 1. The van der Waals surface area contributed by atoms with E-state index in [-0.39, 0.29) is 17.9 Å². The van der Waals surface area contributed by atoms with Crippen molar-refractivity contribution >= 4 is 45.6 Å². The molecule has 0 aliphatic carbocycles. The van der Waals surface area contributed by atoms with Gasteiger partial charge in [-0.05, 0) is 24.6 Å². The molecule has 0 saturated carbocycles. The second-order valence-electron chi connectivity index (χ2n) is 4.82. The number of H-pyrrole nitrogens is 1. The molecule has 0 aliphatic heterocycles. The molecule has 0 amide bonds. The summed E-state index contributed by atoms with van der Waals surface area (Å²) >= 11 is 7.20. The van der Waals surface area contributed by atoms with E-state index in [1.807, 2.05) is 6.92 Å². The maximum absolute atomic E-state index is 12.6. The average molecular weight is 334 g/mol. The van der Waals surface area contributed by atoms with E-state index in [9.17, 15) is 14.7 Å². The summed E-state index contributed by atoms with van der Waals surface area (Å²) in [6, 6.07) is 4.99. The number of carboxylic acids is 1. The van der Waals surface area contributed by atoms with Crippen LogP contribution in [0.15, 0.2) is 24.4 Å². The van der Waals surface area contributed by atoms with Crippen molar-refractivity contribution in [2.24, 2.45) is 0 Å². The average Bonchev–Trinajstić information content (AvgIpc) is 3.02. The normalized spacial score (nSPS) is 11.0. The summed E-state index contributed by atoms with van der Waals surface area (Å²) in [5, 5.41) is 12.5. The van der Waals surface area contributed by atoms with Crippen LogP contribution in [-0.4, -0.2) is 21.7 Å². The minimum absolute atomic E-state index is 0.218. The summed E-state index contributed by atoms with van der Waals surface area (Å²) in [6.07, 6.45) is 1.25. The van der Waals surface area contributed by atoms with Crippen molar-refractivity contribution in [1.29, 1.82) is 0 Å². The Morgan fingerprint density at radius 1 is 1.41 bits per heavy atom. The molecule has 0 fully saturated rings. The fourth-order valence-electron chi connectivity index (χ4n) is 2.32. The Bertz CT molecular complexity index is 897. The van der Waals surface area contributed by atoms with Crippen LogP contribution in [0.5, 0.6) is 0 Å². The van der Waals surface area contributed by atoms with Gasteiger partial charge in [0.2, 0.25) is 5.78 Å². The maximum atomic E-state index is 12.6. The van der Waals surface area contributed by atoms with Gasteiger partial charge in [-0.2, -0.15) is 0 Å². The Morgan fingerprint density at radius 3 is 2.82 bits per heavy atom. The fourth-order valence-corrected chi connectivity index (χ4v) is 3.20. The number of hydrogen-bond acceptors (Lipinski definition) is 5. The predicted octanol–water partition coefficient (Wildman–Crippen LogP) is 2.11. The van der Waals surface area contributed by atoms with Crippen LogP contribution in [0.1, 0.15) is 25.9 Å². The summed E-state index contributed by atoms with van der Waals surface area (Å²) in [5.74, 6) is -1.58. The molecule has 3 aromatic rings. The number of carboxylic acid groups (broad SMARTS) is 1. The van der Waals surface area contributed by atoms with Gasteiger partial charge in [0, 0.05) is 39.4 Å². The van der Waals surface area contributed by atoms with Gasteiger partial charge in [-0.3, -0.25) is 4.79 Å². The number of fused-ring (bicyclic) bond motifs is 1. The van der Waals surface area contributed by atoms with Gasteiger partial charge >= 0.3 is 0 Å². The molecule has 2 aromatic heterocycles. The molecule has 2 heterocycles. The summed E-state index contributed by atoms with van der Waals surface area (Å²) in [5.41, 5.74) is 1.22. The van der Waals surface area contributed by atoms with Crippen LogP contribution in [0.25, 0.3) is 10.9 Å². The van der Waals surface area contributed by atoms with Gasteiger partial charge in [0.05, 0.1) is 5.69 Å². The number of aromatic nitrogens is 2. The van der Waals surface area contributed by atoms with Crippen molar-refractivity contribution in [3.05, 3.63) is 50.6 Å². The van der Waals surface area contributed by atoms with Crippen LogP contribution in [0.4, 0.5) is 0 Å². The van der Waals surface area contributed by atoms with Crippen LogP contribution < -0.4 is 5.11 Å². The van der Waals surface area contributed by atoms with Crippen molar-refractivity contribution in [2.45, 2.75) is 13.3 Å². The number of ketones is 1. The Balaban J connectivity index is 2.18. The van der Waals surface area contributed by atoms with Crippen molar-refractivity contribution in [3.8, 4) is 0 Å². The lowest BCUT2D eigenvalue weighted by molar-refractivity contribution is -0.304. The molecule has 0 aliphatic rings. The van der Waals surface area contributed by atoms with Crippen molar-refractivity contribution < 1.29 is 14.7 Å². The molecular formula is C15H10ClN2O3S-. The lowest BCUT2D eigenvalue weighted by Crippen LogP contribution is -2.25. The molecule has 3 rings (SSSR count). The molecule has 7 heteroatoms. The summed E-state index contributed by atoms with van der Waals surface area (Å²) in [6.45, 7) is 1.85. The van der Waals surface area contributed by atoms with E-state index in [1.165, 1.54) is 11.3 Å². The highest BCUT2D eigenvalue weighted by Crippen LogP contribution is 2.28. The number of thiazole rings is 1. The third-order valence-electron chi connectivity index (χ3n) is 3.23. The number of carbonyl (C=O) groups excluding carboxylic acids is 2. The van der Waals surface area contributed by atoms with Gasteiger partial charge in [-0.15, -0.1) is 11.3 Å². The number of nitrogens with zero attached hydrogens (tertiary/aromatic N) is 1. The standard InChI is InChI=1S/C15H11ClN2O3S/c1-7-6-17-15(22-7)14(21)13-10(5-12(19)20)9-3-2-8(16)4-11(9)18-13/h2-4,6,18H,5H2,1H3,(H,19,20)/p-1. The van der Waals surface area contributed by atoms with Crippen molar-refractivity contribution in [3.63, 3.8) is 0 Å². The fraction of sp³-hybridized carbons (Fsp3) is 0.133. The number of benzene rings is 1. The quantitative estimate of drug-likeness (QED) is 0.741. The zero-order chi connectivity index (χ0) is 15.9. The van der Waals surface area contributed by atoms with Crippen molar-refractivity contribution in [2.75, 3.05) is 0 Å². The van der Waals surface area contributed by atoms with E-state index < -0.39 is 5.97 Å². The third kappa shape index (κ3) is 2.63. The molecule has 0 saturated heterocycles. The number of nitrogens with one attached hydrogen (secondary N) is 1. The smallest absolute Gasteiger partial charge is 0.238 e. The van der Waals surface area contributed by atoms with Gasteiger partial charge in [0.1, 0.15) is 0 Å². The van der Waals surface area contributed by atoms with E-state index in [0.29, 0.717) is 26.5 Å². The van der Waals surface area contributed by atoms with Crippen LogP contribution in [0, 0.1) is 6.92 Å². The molecule has 0 radical (unpaired) electrons. The summed E-state index contributed by atoms with van der Waals surface area (Å²) in [4.78, 5) is 31.5. The first-order valence-electron chi connectivity index (χ1n) is 6.43. The highest BCUT2D eigenvalue weighted by Gasteiger charge is 2.21. The van der Waals surface area contributed by atoms with Gasteiger partial charge in [-0.25, -0.2) is 4.98 Å². The first-order valence-corrected chi connectivity index (χ1v) is 7.62. The monoisotopic (exact) mass is 333 g/mol. The Labute approximate surface area is 134 Å². The lowest BCUT2D eigenvalue weighted by Gasteiger charge is -2.04. The molecule has 112 valence electrons. The minimum atomic E-state index is -1.25. The van der Waals surface area contributed by atoms with Crippen LogP contribution in [0.3, 0.4) is 0 Å². The largest absolute Gasteiger partial charge is 0.550 e. The summed E-state index contributed by atoms with van der Waals surface area (Å²) in [7, 11) is 0. The second-order valence-corrected chi connectivity index (χ2v) is 6.49. The first-order chi connectivity index (χ1) is 10.5. The zero-order valence-corrected chi connectivity index (χ0v) is 13.0. The summed E-state index contributed by atoms with van der Waals surface area (Å²) < 4.78 is 0. The molecule has 0 bridgehead atoms. The topological polar surface area (TPSA) is 85.9 Å². The molecule has 0 spiro atoms. The molecular weight excluding hydrogens is 324 g/mol. The third-order valence-corrected chi connectivity index (χ3v) is 4.38. The predicted molar refractivity (Wildman–Crippen MR) is 82.3 cm³/mol. The van der Waals surface area contributed by atoms with E-state index in [4.69, 9.17) is 11.6 Å². The van der Waals surface area contributed by atoms with Gasteiger partial charge in [-0.1, -0.05) is 17.7 Å². The SMILES string of the molecule is Cc1cnc(C(=O)c2[nH]c3cc(Cl)ccc3c2CC(=O)[O-])s1. The molecule has 1 aromatic carbocycles. The van der Waals surface area contributed by atoms with Gasteiger partial charge in [0.25, 0.3) is 0 Å². The molecule has 0 unspecified atom stereocenters. The van der Waals surface area contributed by atoms with Gasteiger partial charge in [0.15, 0.2) is 5.01 Å². The Morgan fingerprint density at radius 2 is 2.18 bits per heavy atom. The minimum Gasteiger partial charge on any atom is -0.550 e. The lowest BCUT2D eigenvalue weighted by atomic mass is 10.1. The van der Waals surface area contributed by atoms with Gasteiger partial charge < -0.3 is 14.9 Å².